The molecule has 0 aliphatic carbocycles. The summed E-state index contributed by atoms with van der Waals surface area (Å²) in [5.41, 5.74) is 2.51. The maximum atomic E-state index is 12.3. The predicted octanol–water partition coefficient (Wildman–Crippen LogP) is 4.47. The highest BCUT2D eigenvalue weighted by Crippen LogP contribution is 2.25. The molecule has 0 bridgehead atoms. The van der Waals surface area contributed by atoms with E-state index in [1.54, 1.807) is 12.1 Å². The average Bonchev–Trinajstić information content (AvgIpc) is 2.59. The molecule has 0 aliphatic rings. The fourth-order valence-electron chi connectivity index (χ4n) is 2.05. The second-order valence-corrected chi connectivity index (χ2v) is 6.10. The number of thioether (sulfide) groups is 1. The molecule has 0 fully saturated rings. The van der Waals surface area contributed by atoms with Crippen molar-refractivity contribution >= 4 is 17.7 Å². The number of rotatable bonds is 8. The van der Waals surface area contributed by atoms with Gasteiger partial charge in [-0.15, -0.1) is 0 Å². The van der Waals surface area contributed by atoms with E-state index in [2.05, 4.69) is 5.32 Å². The molecule has 1 N–H and O–H groups in total. The first-order valence-electron chi connectivity index (χ1n) is 7.57. The van der Waals surface area contributed by atoms with Crippen LogP contribution in [0.3, 0.4) is 0 Å². The maximum absolute atomic E-state index is 12.3. The highest BCUT2D eigenvalue weighted by Gasteiger charge is 2.08. The normalized spacial score (nSPS) is 10.8. The van der Waals surface area contributed by atoms with E-state index in [1.165, 1.54) is 12.1 Å². The fourth-order valence-corrected chi connectivity index (χ4v) is 2.54. The number of ether oxygens (including phenoxy) is 1. The van der Waals surface area contributed by atoms with Crippen LogP contribution in [0.4, 0.5) is 8.78 Å². The summed E-state index contributed by atoms with van der Waals surface area (Å²) in [7, 11) is 0. The van der Waals surface area contributed by atoms with Gasteiger partial charge in [0.15, 0.2) is 0 Å². The SMILES string of the molecule is CCOCc1ccc(CNC(=O)c2ccc(SC(F)F)cc2)cc1. The lowest BCUT2D eigenvalue weighted by Gasteiger charge is -2.07. The van der Waals surface area contributed by atoms with E-state index in [4.69, 9.17) is 4.74 Å². The molecule has 1 amide bonds. The number of hydrogen-bond acceptors (Lipinski definition) is 3. The lowest BCUT2D eigenvalue weighted by Crippen LogP contribution is -2.22. The second kappa shape index (κ2) is 9.39. The Hall–Kier alpha value is -1.92. The lowest BCUT2D eigenvalue weighted by atomic mass is 10.1. The van der Waals surface area contributed by atoms with Crippen LogP contribution in [0.2, 0.25) is 0 Å². The van der Waals surface area contributed by atoms with Crippen LogP contribution in [0.1, 0.15) is 28.4 Å². The van der Waals surface area contributed by atoms with Crippen molar-refractivity contribution in [2.45, 2.75) is 30.7 Å². The van der Waals surface area contributed by atoms with Gasteiger partial charge in [-0.1, -0.05) is 36.0 Å². The zero-order valence-corrected chi connectivity index (χ0v) is 14.1. The van der Waals surface area contributed by atoms with Crippen LogP contribution in [0.15, 0.2) is 53.4 Å². The number of carbonyl (C=O) groups excluding carboxylic acids is 1. The van der Waals surface area contributed by atoms with E-state index in [0.29, 0.717) is 42.0 Å². The molecule has 2 aromatic carbocycles. The maximum Gasteiger partial charge on any atom is 0.288 e. The molecular formula is C18H19F2NO2S. The molecule has 6 heteroatoms. The van der Waals surface area contributed by atoms with Crippen molar-refractivity contribution in [2.75, 3.05) is 6.61 Å². The van der Waals surface area contributed by atoms with Crippen LogP contribution < -0.4 is 5.32 Å². The van der Waals surface area contributed by atoms with Gasteiger partial charge in [-0.25, -0.2) is 0 Å². The summed E-state index contributed by atoms with van der Waals surface area (Å²) < 4.78 is 29.9. The molecule has 0 radical (unpaired) electrons. The summed E-state index contributed by atoms with van der Waals surface area (Å²) in [6.45, 7) is 3.60. The van der Waals surface area contributed by atoms with Crippen LogP contribution in [-0.2, 0) is 17.9 Å². The Morgan fingerprint density at radius 1 is 1.08 bits per heavy atom. The number of amides is 1. The van der Waals surface area contributed by atoms with E-state index in [9.17, 15) is 13.6 Å². The van der Waals surface area contributed by atoms with Gasteiger partial charge in [0.1, 0.15) is 0 Å². The third kappa shape index (κ3) is 5.94. The van der Waals surface area contributed by atoms with E-state index < -0.39 is 5.76 Å². The van der Waals surface area contributed by atoms with Crippen molar-refractivity contribution in [3.05, 3.63) is 65.2 Å². The summed E-state index contributed by atoms with van der Waals surface area (Å²) in [6.07, 6.45) is 0. The van der Waals surface area contributed by atoms with Crippen molar-refractivity contribution < 1.29 is 18.3 Å². The monoisotopic (exact) mass is 351 g/mol. The first kappa shape index (κ1) is 18.4. The summed E-state index contributed by atoms with van der Waals surface area (Å²) in [6, 6.07) is 14.0. The highest BCUT2D eigenvalue weighted by molar-refractivity contribution is 7.99. The van der Waals surface area contributed by atoms with Crippen molar-refractivity contribution in [3.63, 3.8) is 0 Å². The minimum Gasteiger partial charge on any atom is -0.377 e. The van der Waals surface area contributed by atoms with Crippen molar-refractivity contribution in [1.82, 2.24) is 5.32 Å². The number of nitrogens with one attached hydrogen (secondary N) is 1. The Morgan fingerprint density at radius 2 is 1.71 bits per heavy atom. The lowest BCUT2D eigenvalue weighted by molar-refractivity contribution is 0.0951. The average molecular weight is 351 g/mol. The second-order valence-electron chi connectivity index (χ2n) is 5.04. The van der Waals surface area contributed by atoms with Crippen LogP contribution >= 0.6 is 11.8 Å². The van der Waals surface area contributed by atoms with Gasteiger partial charge < -0.3 is 10.1 Å². The Labute approximate surface area is 144 Å². The van der Waals surface area contributed by atoms with Crippen molar-refractivity contribution in [2.24, 2.45) is 0 Å². The predicted molar refractivity (Wildman–Crippen MR) is 91.2 cm³/mol. The van der Waals surface area contributed by atoms with E-state index in [1.807, 2.05) is 31.2 Å². The topological polar surface area (TPSA) is 38.3 Å². The molecule has 0 saturated carbocycles. The van der Waals surface area contributed by atoms with E-state index >= 15 is 0 Å². The molecule has 0 atom stereocenters. The minimum atomic E-state index is -2.46. The van der Waals surface area contributed by atoms with Gasteiger partial charge >= 0.3 is 0 Å². The first-order chi connectivity index (χ1) is 11.6. The molecule has 0 aromatic heterocycles. The molecule has 0 heterocycles. The Kier molecular flexibility index (Phi) is 7.21. The Balaban J connectivity index is 1.86. The number of benzene rings is 2. The van der Waals surface area contributed by atoms with Gasteiger partial charge in [0.2, 0.25) is 0 Å². The van der Waals surface area contributed by atoms with Gasteiger partial charge in [0.25, 0.3) is 11.7 Å². The molecule has 24 heavy (non-hydrogen) atoms. The smallest absolute Gasteiger partial charge is 0.288 e. The minimum absolute atomic E-state index is 0.234. The third-order valence-electron chi connectivity index (χ3n) is 3.29. The molecule has 128 valence electrons. The number of alkyl halides is 2. The Morgan fingerprint density at radius 3 is 2.29 bits per heavy atom. The molecule has 2 rings (SSSR count). The van der Waals surface area contributed by atoms with E-state index in [0.717, 1.165) is 11.1 Å². The van der Waals surface area contributed by atoms with Gasteiger partial charge in [0, 0.05) is 23.6 Å². The molecule has 3 nitrogen and oxygen atoms in total. The molecule has 2 aromatic rings. The number of carbonyl (C=O) groups is 1. The molecular weight excluding hydrogens is 332 g/mol. The van der Waals surface area contributed by atoms with E-state index in [-0.39, 0.29) is 5.91 Å². The molecule has 0 aliphatic heterocycles. The largest absolute Gasteiger partial charge is 0.377 e. The quantitative estimate of drug-likeness (QED) is 0.713. The van der Waals surface area contributed by atoms with Gasteiger partial charge in [-0.05, 0) is 42.3 Å². The van der Waals surface area contributed by atoms with Gasteiger partial charge in [-0.3, -0.25) is 4.79 Å². The molecule has 0 unspecified atom stereocenters. The summed E-state index contributed by atoms with van der Waals surface area (Å²) in [5.74, 6) is -2.70. The summed E-state index contributed by atoms with van der Waals surface area (Å²) in [5, 5.41) is 2.81. The summed E-state index contributed by atoms with van der Waals surface area (Å²) in [4.78, 5) is 12.5. The van der Waals surface area contributed by atoms with Crippen molar-refractivity contribution in [1.29, 1.82) is 0 Å². The first-order valence-corrected chi connectivity index (χ1v) is 8.45. The number of halogens is 2. The number of hydrogen-bond donors (Lipinski definition) is 1. The van der Waals surface area contributed by atoms with Crippen LogP contribution in [0.5, 0.6) is 0 Å². The van der Waals surface area contributed by atoms with Crippen LogP contribution in [0, 0.1) is 0 Å². The Bertz CT molecular complexity index is 645. The standard InChI is InChI=1S/C18H19F2NO2S/c1-2-23-12-14-5-3-13(4-6-14)11-21-17(22)15-7-9-16(10-8-15)24-18(19)20/h3-10,18H,2,11-12H2,1H3,(H,21,22). The van der Waals surface area contributed by atoms with Crippen LogP contribution in [0.25, 0.3) is 0 Å². The zero-order valence-electron chi connectivity index (χ0n) is 13.3. The van der Waals surface area contributed by atoms with Crippen molar-refractivity contribution in [3.8, 4) is 0 Å². The zero-order chi connectivity index (χ0) is 17.4. The van der Waals surface area contributed by atoms with Crippen LogP contribution in [-0.4, -0.2) is 18.3 Å². The fraction of sp³-hybridized carbons (Fsp3) is 0.278. The molecule has 0 saturated heterocycles. The third-order valence-corrected chi connectivity index (χ3v) is 4.01. The van der Waals surface area contributed by atoms with Gasteiger partial charge in [0.05, 0.1) is 6.61 Å². The van der Waals surface area contributed by atoms with Gasteiger partial charge in [-0.2, -0.15) is 8.78 Å². The highest BCUT2D eigenvalue weighted by atomic mass is 32.2. The molecule has 0 spiro atoms. The summed E-state index contributed by atoms with van der Waals surface area (Å²) >= 11 is 0.461.